The molecule has 172 valence electrons. The van der Waals surface area contributed by atoms with Gasteiger partial charge in [-0.1, -0.05) is 0 Å². The van der Waals surface area contributed by atoms with E-state index in [1.54, 1.807) is 19.2 Å². The third-order valence-electron chi connectivity index (χ3n) is 5.61. The van der Waals surface area contributed by atoms with Gasteiger partial charge in [0.2, 0.25) is 0 Å². The number of aromatic nitrogens is 1. The monoisotopic (exact) mass is 453 g/mol. The van der Waals surface area contributed by atoms with E-state index in [0.717, 1.165) is 6.92 Å². The minimum Gasteiger partial charge on any atom is -0.344 e. The van der Waals surface area contributed by atoms with Crippen molar-refractivity contribution in [1.29, 1.82) is 0 Å². The predicted octanol–water partition coefficient (Wildman–Crippen LogP) is 4.16. The van der Waals surface area contributed by atoms with Gasteiger partial charge < -0.3 is 15.2 Å². The summed E-state index contributed by atoms with van der Waals surface area (Å²) in [6.45, 7) is 3.88. The summed E-state index contributed by atoms with van der Waals surface area (Å²) in [6.07, 6.45) is -3.34. The molecule has 0 saturated heterocycles. The average molecular weight is 453 g/mol. The van der Waals surface area contributed by atoms with E-state index >= 15 is 0 Å². The molecule has 1 unspecified atom stereocenters. The number of Topliss-reactive ketones (excluding diaryl/α,β-unsaturated/α-hetero) is 1. The smallest absolute Gasteiger partial charge is 0.344 e. The van der Waals surface area contributed by atoms with Crippen molar-refractivity contribution in [2.24, 2.45) is 7.05 Å². The lowest BCUT2D eigenvalue weighted by molar-refractivity contribution is -0.156. The molecule has 1 aliphatic carbocycles. The van der Waals surface area contributed by atoms with Crippen molar-refractivity contribution in [2.45, 2.75) is 51.7 Å². The highest BCUT2D eigenvalue weighted by Gasteiger charge is 2.41. The lowest BCUT2D eigenvalue weighted by Crippen LogP contribution is -2.46. The molecule has 2 N–H and O–H groups in total. The van der Waals surface area contributed by atoms with Crippen LogP contribution in [0.5, 0.6) is 0 Å². The standard InChI is InChI=1S/C22H23F4N3O3/c1-10-9-14(7-8-15(10)23)28-20(31)16-11(2)29(4)18(17(16)13-5-6-13)19(30)21(32)27-12(3)22(24,25)26/h7-9,12-13H,5-6H2,1-4H3,(H,27,32)(H,28,31). The molecular formula is C22H23F4N3O3. The van der Waals surface area contributed by atoms with Gasteiger partial charge in [0.05, 0.1) is 11.3 Å². The molecular weight excluding hydrogens is 430 g/mol. The van der Waals surface area contributed by atoms with Gasteiger partial charge in [-0.15, -0.1) is 0 Å². The van der Waals surface area contributed by atoms with Crippen LogP contribution in [0.2, 0.25) is 0 Å². The summed E-state index contributed by atoms with van der Waals surface area (Å²) in [7, 11) is 1.48. The first-order chi connectivity index (χ1) is 14.8. The first-order valence-electron chi connectivity index (χ1n) is 10.0. The van der Waals surface area contributed by atoms with Gasteiger partial charge in [-0.05, 0) is 68.9 Å². The van der Waals surface area contributed by atoms with Crippen molar-refractivity contribution in [2.75, 3.05) is 5.32 Å². The van der Waals surface area contributed by atoms with Crippen molar-refractivity contribution in [1.82, 2.24) is 9.88 Å². The minimum absolute atomic E-state index is 0.0997. The lowest BCUT2D eigenvalue weighted by atomic mass is 10.0. The molecule has 2 amide bonds. The van der Waals surface area contributed by atoms with E-state index in [0.29, 0.717) is 35.3 Å². The number of anilines is 1. The van der Waals surface area contributed by atoms with Crippen LogP contribution in [-0.2, 0) is 11.8 Å². The second-order valence-electron chi connectivity index (χ2n) is 8.04. The Bertz CT molecular complexity index is 1100. The van der Waals surface area contributed by atoms with Crippen LogP contribution in [-0.4, -0.2) is 34.4 Å². The van der Waals surface area contributed by atoms with Gasteiger partial charge in [0, 0.05) is 18.4 Å². The number of nitrogens with one attached hydrogen (secondary N) is 2. The number of carbonyl (C=O) groups is 3. The van der Waals surface area contributed by atoms with E-state index in [4.69, 9.17) is 0 Å². The van der Waals surface area contributed by atoms with Crippen molar-refractivity contribution < 1.29 is 31.9 Å². The number of amides is 2. The summed E-state index contributed by atoms with van der Waals surface area (Å²) < 4.78 is 53.3. The van der Waals surface area contributed by atoms with E-state index in [1.807, 2.05) is 0 Å². The molecule has 6 nitrogen and oxygen atoms in total. The van der Waals surface area contributed by atoms with Crippen molar-refractivity contribution in [3.8, 4) is 0 Å². The molecule has 1 atom stereocenters. The normalized spacial score (nSPS) is 14.8. The van der Waals surface area contributed by atoms with Gasteiger partial charge in [-0.25, -0.2) is 4.39 Å². The summed E-state index contributed by atoms with van der Waals surface area (Å²) in [4.78, 5) is 38.2. The number of hydrogen-bond acceptors (Lipinski definition) is 3. The first-order valence-corrected chi connectivity index (χ1v) is 10.0. The fraction of sp³-hybridized carbons (Fsp3) is 0.409. The number of hydrogen-bond donors (Lipinski definition) is 2. The maximum Gasteiger partial charge on any atom is 0.408 e. The molecule has 0 bridgehead atoms. The summed E-state index contributed by atoms with van der Waals surface area (Å²) in [6, 6.07) is 1.87. The maximum absolute atomic E-state index is 13.5. The van der Waals surface area contributed by atoms with Gasteiger partial charge >= 0.3 is 6.18 Å². The SMILES string of the molecule is Cc1cc(NC(=O)c2c(C3CC3)c(C(=O)C(=O)NC(C)C(F)(F)F)n(C)c2C)ccc1F. The number of ketones is 1. The molecule has 1 aromatic heterocycles. The molecule has 1 aliphatic rings. The molecule has 32 heavy (non-hydrogen) atoms. The Morgan fingerprint density at radius 3 is 2.31 bits per heavy atom. The van der Waals surface area contributed by atoms with E-state index < -0.39 is 35.6 Å². The van der Waals surface area contributed by atoms with Crippen LogP contribution in [0.4, 0.5) is 23.2 Å². The Morgan fingerprint density at radius 1 is 1.16 bits per heavy atom. The second-order valence-corrected chi connectivity index (χ2v) is 8.04. The van der Waals surface area contributed by atoms with E-state index in [-0.39, 0.29) is 17.2 Å². The number of nitrogens with zero attached hydrogens (tertiary/aromatic N) is 1. The molecule has 1 heterocycles. The van der Waals surface area contributed by atoms with Crippen LogP contribution in [0, 0.1) is 19.7 Å². The summed E-state index contributed by atoms with van der Waals surface area (Å²) >= 11 is 0. The number of benzene rings is 1. The van der Waals surface area contributed by atoms with Crippen molar-refractivity contribution in [3.63, 3.8) is 0 Å². The van der Waals surface area contributed by atoms with Crippen LogP contribution in [0.1, 0.15) is 63.4 Å². The maximum atomic E-state index is 13.5. The number of halogens is 4. The Morgan fingerprint density at radius 2 is 1.78 bits per heavy atom. The zero-order valence-corrected chi connectivity index (χ0v) is 18.0. The Hall–Kier alpha value is -3.17. The van der Waals surface area contributed by atoms with Crippen LogP contribution in [0.25, 0.3) is 0 Å². The number of carbonyl (C=O) groups excluding carboxylic acids is 3. The number of aryl methyl sites for hydroxylation is 1. The Kier molecular flexibility index (Phi) is 6.17. The van der Waals surface area contributed by atoms with E-state index in [9.17, 15) is 31.9 Å². The predicted molar refractivity (Wildman–Crippen MR) is 109 cm³/mol. The Balaban J connectivity index is 1.96. The van der Waals surface area contributed by atoms with E-state index in [1.165, 1.54) is 29.8 Å². The van der Waals surface area contributed by atoms with Crippen LogP contribution < -0.4 is 10.6 Å². The lowest BCUT2D eigenvalue weighted by Gasteiger charge is -2.17. The van der Waals surface area contributed by atoms with Gasteiger partial charge in [0.15, 0.2) is 0 Å². The van der Waals surface area contributed by atoms with Gasteiger partial charge in [-0.3, -0.25) is 14.4 Å². The largest absolute Gasteiger partial charge is 0.408 e. The molecule has 0 aliphatic heterocycles. The van der Waals surface area contributed by atoms with Crippen LogP contribution in [0.3, 0.4) is 0 Å². The highest BCUT2D eigenvalue weighted by molar-refractivity contribution is 6.43. The second kappa shape index (κ2) is 8.40. The van der Waals surface area contributed by atoms with Crippen LogP contribution >= 0.6 is 0 Å². The molecule has 1 fully saturated rings. The summed E-state index contributed by atoms with van der Waals surface area (Å²) in [5, 5.41) is 4.35. The highest BCUT2D eigenvalue weighted by Crippen LogP contribution is 2.45. The molecule has 1 saturated carbocycles. The molecule has 2 aromatic rings. The van der Waals surface area contributed by atoms with Crippen molar-refractivity contribution >= 4 is 23.3 Å². The fourth-order valence-electron chi connectivity index (χ4n) is 3.53. The molecule has 10 heteroatoms. The Labute approximate surface area is 182 Å². The zero-order chi connectivity index (χ0) is 24.0. The summed E-state index contributed by atoms with van der Waals surface area (Å²) in [5.41, 5.74) is 1.52. The highest BCUT2D eigenvalue weighted by atomic mass is 19.4. The average Bonchev–Trinajstić information content (AvgIpc) is 3.50. The third kappa shape index (κ3) is 4.53. The van der Waals surface area contributed by atoms with Gasteiger partial charge in [-0.2, -0.15) is 13.2 Å². The summed E-state index contributed by atoms with van der Waals surface area (Å²) in [5.74, 6) is -3.65. The topological polar surface area (TPSA) is 80.2 Å². The van der Waals surface area contributed by atoms with Gasteiger partial charge in [0.1, 0.15) is 11.9 Å². The molecule has 0 radical (unpaired) electrons. The number of rotatable bonds is 6. The molecule has 1 aromatic carbocycles. The third-order valence-corrected chi connectivity index (χ3v) is 5.61. The van der Waals surface area contributed by atoms with Crippen LogP contribution in [0.15, 0.2) is 18.2 Å². The molecule has 3 rings (SSSR count). The molecule has 0 spiro atoms. The number of alkyl halides is 3. The fourth-order valence-corrected chi connectivity index (χ4v) is 3.53. The first kappa shape index (κ1) is 23.5. The van der Waals surface area contributed by atoms with Crippen molar-refractivity contribution in [3.05, 3.63) is 52.1 Å². The minimum atomic E-state index is -4.70. The van der Waals surface area contributed by atoms with E-state index in [2.05, 4.69) is 5.32 Å². The quantitative estimate of drug-likeness (QED) is 0.392. The van der Waals surface area contributed by atoms with Gasteiger partial charge in [0.25, 0.3) is 17.6 Å². The zero-order valence-electron chi connectivity index (χ0n) is 18.0.